The van der Waals surface area contributed by atoms with Crippen molar-refractivity contribution in [1.29, 1.82) is 0 Å². The van der Waals surface area contributed by atoms with Crippen LogP contribution in [0.1, 0.15) is 5.82 Å². The van der Waals surface area contributed by atoms with Crippen LogP contribution in [0, 0.1) is 0 Å². The molecule has 0 unspecified atom stereocenters. The largest absolute Gasteiger partial charge is 0.298 e. The molecule has 0 amide bonds. The first-order valence-corrected chi connectivity index (χ1v) is 15.5. The predicted octanol–water partition coefficient (Wildman–Crippen LogP) is 6.74. The first kappa shape index (κ1) is 27.2. The van der Waals surface area contributed by atoms with Crippen molar-refractivity contribution >= 4 is 56.1 Å². The summed E-state index contributed by atoms with van der Waals surface area (Å²) in [7, 11) is 6.68. The summed E-state index contributed by atoms with van der Waals surface area (Å²) < 4.78 is 2.31. The molecule has 8 aromatic rings. The predicted molar refractivity (Wildman–Crippen MR) is 197 cm³/mol. The van der Waals surface area contributed by atoms with Crippen LogP contribution in [0.4, 0.5) is 0 Å². The summed E-state index contributed by atoms with van der Waals surface area (Å²) in [5.74, 6) is 1.06. The van der Waals surface area contributed by atoms with Gasteiger partial charge in [-0.25, -0.2) is 4.98 Å². The number of benzene rings is 6. The highest BCUT2D eigenvalue weighted by atomic mass is 15.1. The van der Waals surface area contributed by atoms with Crippen LogP contribution < -0.4 is 0 Å². The van der Waals surface area contributed by atoms with Crippen molar-refractivity contribution in [2.45, 2.75) is 5.11 Å². The van der Waals surface area contributed by atoms with Gasteiger partial charge in [-0.15, -0.1) is 0 Å². The number of hydrogen-bond donors (Lipinski definition) is 0. The van der Waals surface area contributed by atoms with E-state index in [1.807, 2.05) is 12.4 Å². The first-order valence-electron chi connectivity index (χ1n) is 15.5. The monoisotopic (exact) mass is 573 g/mol. The number of fused-ring (bicyclic) bond motifs is 3. The van der Waals surface area contributed by atoms with Gasteiger partial charge in [0.05, 0.1) is 40.4 Å². The molecule has 8 rings (SSSR count). The minimum absolute atomic E-state index is 0.105. The minimum Gasteiger partial charge on any atom is -0.298 e. The number of nitrogens with zero attached hydrogens (tertiary/aromatic N) is 3. The molecule has 2 heterocycles. The van der Waals surface area contributed by atoms with Crippen molar-refractivity contribution < 1.29 is 0 Å². The van der Waals surface area contributed by atoms with E-state index in [0.29, 0.717) is 0 Å². The minimum atomic E-state index is -0.105. The normalized spacial score (nSPS) is 11.8. The van der Waals surface area contributed by atoms with E-state index in [4.69, 9.17) is 4.98 Å². The molecule has 0 fully saturated rings. The fourth-order valence-corrected chi connectivity index (χ4v) is 6.78. The van der Waals surface area contributed by atoms with Gasteiger partial charge in [-0.05, 0) is 91.3 Å². The number of imidazole rings is 1. The van der Waals surface area contributed by atoms with Gasteiger partial charge in [0, 0.05) is 18.1 Å². The van der Waals surface area contributed by atoms with Crippen LogP contribution in [0.5, 0.6) is 0 Å². The SMILES string of the molecule is BC(B)(B)c1nc2ccccc2n1-c1ccc(-c2c3ccccc3c(-c3ccccc3-c3ccncc3)c3ccccc23)cc1. The third-order valence-electron chi connectivity index (χ3n) is 8.76. The summed E-state index contributed by atoms with van der Waals surface area (Å²) in [6, 6.07) is 48.0. The summed E-state index contributed by atoms with van der Waals surface area (Å²) in [5, 5.41) is 4.87. The van der Waals surface area contributed by atoms with Gasteiger partial charge in [0.2, 0.25) is 0 Å². The number of rotatable bonds is 5. The maximum Gasteiger partial charge on any atom is 0.0994 e. The summed E-state index contributed by atoms with van der Waals surface area (Å²) in [6.45, 7) is 0. The molecular formula is C39H30B3N3. The van der Waals surface area contributed by atoms with Crippen LogP contribution in [0.2, 0.25) is 0 Å². The number of pyridine rings is 1. The van der Waals surface area contributed by atoms with E-state index < -0.39 is 0 Å². The van der Waals surface area contributed by atoms with Crippen LogP contribution in [0.3, 0.4) is 0 Å². The first-order chi connectivity index (χ1) is 22.0. The molecule has 0 saturated heterocycles. The molecule has 0 N–H and O–H groups in total. The van der Waals surface area contributed by atoms with Crippen LogP contribution >= 0.6 is 0 Å². The van der Waals surface area contributed by atoms with Gasteiger partial charge in [0.25, 0.3) is 0 Å². The topological polar surface area (TPSA) is 30.7 Å². The fraction of sp³-hybridized carbons (Fsp3) is 0.0256. The van der Waals surface area contributed by atoms with Crippen molar-refractivity contribution in [3.63, 3.8) is 0 Å². The fourth-order valence-electron chi connectivity index (χ4n) is 6.78. The van der Waals surface area contributed by atoms with Gasteiger partial charge in [-0.3, -0.25) is 9.55 Å². The molecule has 6 aromatic carbocycles. The second kappa shape index (κ2) is 10.7. The Bertz CT molecular complexity index is 2300. The van der Waals surface area contributed by atoms with E-state index in [2.05, 4.69) is 167 Å². The van der Waals surface area contributed by atoms with Crippen LogP contribution in [0.15, 0.2) is 146 Å². The van der Waals surface area contributed by atoms with Crippen LogP contribution in [-0.2, 0) is 5.11 Å². The molecule has 0 bridgehead atoms. The molecule has 0 aliphatic rings. The third-order valence-corrected chi connectivity index (χ3v) is 8.76. The van der Waals surface area contributed by atoms with E-state index in [1.54, 1.807) is 0 Å². The summed E-state index contributed by atoms with van der Waals surface area (Å²) in [5.41, 5.74) is 10.6. The zero-order valence-corrected chi connectivity index (χ0v) is 25.7. The van der Waals surface area contributed by atoms with Gasteiger partial charge < -0.3 is 0 Å². The number of para-hydroxylation sites is 2. The maximum absolute atomic E-state index is 5.05. The zero-order chi connectivity index (χ0) is 30.5. The van der Waals surface area contributed by atoms with Gasteiger partial charge >= 0.3 is 0 Å². The molecule has 0 atom stereocenters. The molecule has 0 aliphatic heterocycles. The molecule has 0 spiro atoms. The number of hydrogen-bond acceptors (Lipinski definition) is 2. The second-order valence-electron chi connectivity index (χ2n) is 12.7. The molecule has 6 heteroatoms. The average Bonchev–Trinajstić information content (AvgIpc) is 3.48. The van der Waals surface area contributed by atoms with E-state index in [0.717, 1.165) is 28.1 Å². The third kappa shape index (κ3) is 4.57. The zero-order valence-electron chi connectivity index (χ0n) is 25.7. The Kier molecular flexibility index (Phi) is 6.46. The van der Waals surface area contributed by atoms with Crippen LogP contribution in [0.25, 0.3) is 71.6 Å². The lowest BCUT2D eigenvalue weighted by molar-refractivity contribution is 0.929. The highest BCUT2D eigenvalue weighted by molar-refractivity contribution is 6.58. The molecule has 45 heavy (non-hydrogen) atoms. The summed E-state index contributed by atoms with van der Waals surface area (Å²) in [4.78, 5) is 9.32. The molecule has 0 saturated carbocycles. The van der Waals surface area contributed by atoms with Crippen molar-refractivity contribution in [3.05, 3.63) is 152 Å². The second-order valence-corrected chi connectivity index (χ2v) is 12.7. The van der Waals surface area contributed by atoms with E-state index >= 15 is 0 Å². The lowest BCUT2D eigenvalue weighted by Gasteiger charge is -2.21. The quantitative estimate of drug-likeness (QED) is 0.169. The summed E-state index contributed by atoms with van der Waals surface area (Å²) >= 11 is 0. The Morgan fingerprint density at radius 3 is 1.64 bits per heavy atom. The standard InChI is InChI=1S/C39H30B3N3/c40-39(41,42)38-44-34-15-7-8-16-35(34)45(38)27-19-17-26(18-20-27)36-30-11-3-5-13-32(30)37(33-14-6-4-12-31(33)36)29-10-2-1-9-28(29)25-21-23-43-24-22-25/h1-24H,40-42H2. The number of aromatic nitrogens is 3. The smallest absolute Gasteiger partial charge is 0.0994 e. The van der Waals surface area contributed by atoms with Crippen molar-refractivity contribution in [3.8, 4) is 39.1 Å². The maximum atomic E-state index is 5.05. The van der Waals surface area contributed by atoms with E-state index in [1.165, 1.54) is 49.4 Å². The van der Waals surface area contributed by atoms with Crippen molar-refractivity contribution in [2.24, 2.45) is 0 Å². The molecule has 0 aliphatic carbocycles. The van der Waals surface area contributed by atoms with Crippen molar-refractivity contribution in [1.82, 2.24) is 14.5 Å². The highest BCUT2D eigenvalue weighted by Gasteiger charge is 2.24. The van der Waals surface area contributed by atoms with E-state index in [9.17, 15) is 0 Å². The summed E-state index contributed by atoms with van der Waals surface area (Å²) in [6.07, 6.45) is 3.73. The van der Waals surface area contributed by atoms with Gasteiger partial charge in [0.15, 0.2) is 0 Å². The Hall–Kier alpha value is -5.35. The highest BCUT2D eigenvalue weighted by Crippen LogP contribution is 2.46. The Labute approximate surface area is 265 Å². The van der Waals surface area contributed by atoms with E-state index in [-0.39, 0.29) is 5.11 Å². The molecule has 2 aromatic heterocycles. The Morgan fingerprint density at radius 2 is 1.02 bits per heavy atom. The molecule has 210 valence electrons. The van der Waals surface area contributed by atoms with Crippen LogP contribution in [-0.4, -0.2) is 38.1 Å². The molecule has 3 nitrogen and oxygen atoms in total. The lowest BCUT2D eigenvalue weighted by Crippen LogP contribution is -2.31. The molecular weight excluding hydrogens is 543 g/mol. The Balaban J connectivity index is 1.36. The van der Waals surface area contributed by atoms with Gasteiger partial charge in [-0.2, -0.15) is 0 Å². The van der Waals surface area contributed by atoms with Gasteiger partial charge in [0.1, 0.15) is 0 Å². The Morgan fingerprint density at radius 1 is 0.489 bits per heavy atom. The van der Waals surface area contributed by atoms with Crippen molar-refractivity contribution in [2.75, 3.05) is 0 Å². The lowest BCUT2D eigenvalue weighted by atomic mass is 9.42. The average molecular weight is 573 g/mol. The molecule has 0 radical (unpaired) electrons. The van der Waals surface area contributed by atoms with Gasteiger partial charge in [-0.1, -0.05) is 102 Å².